The lowest BCUT2D eigenvalue weighted by molar-refractivity contribution is 0.416. The molecule has 0 amide bonds. The summed E-state index contributed by atoms with van der Waals surface area (Å²) in [6, 6.07) is 24.6. The summed E-state index contributed by atoms with van der Waals surface area (Å²) in [5, 5.41) is 36.0. The van der Waals surface area contributed by atoms with E-state index in [0.717, 1.165) is 0 Å². The molecule has 0 bridgehead atoms. The summed E-state index contributed by atoms with van der Waals surface area (Å²) in [5.74, 6) is 0. The van der Waals surface area contributed by atoms with E-state index < -0.39 is 0 Å². The minimum absolute atomic E-state index is 1.26. The molecule has 0 radical (unpaired) electrons. The Hall–Kier alpha value is -12.6. The van der Waals surface area contributed by atoms with Crippen molar-refractivity contribution in [2.24, 2.45) is 0 Å². The number of nitrogens with one attached hydrogen (secondary N) is 4. The van der Waals surface area contributed by atoms with Crippen LogP contribution in [0.3, 0.4) is 0 Å². The normalized spacial score (nSPS) is 8.00. The van der Waals surface area contributed by atoms with Crippen molar-refractivity contribution < 1.29 is 17.8 Å². The molecule has 0 unspecified atom stereocenters. The van der Waals surface area contributed by atoms with Gasteiger partial charge < -0.3 is 32.7 Å². The minimum atomic E-state index is 1.26. The number of imidazole rings is 2. The van der Waals surface area contributed by atoms with Crippen LogP contribution >= 0.6 is 22.7 Å². The van der Waals surface area contributed by atoms with E-state index in [9.17, 15) is 0 Å². The number of aromatic amines is 4. The third kappa shape index (κ3) is 65.7. The zero-order valence-corrected chi connectivity index (χ0v) is 47.1. The Bertz CT molecular complexity index is 2230. The Morgan fingerprint density at radius 1 is 0.267 bits per heavy atom. The highest BCUT2D eigenvalue weighted by Crippen LogP contribution is 1.91. The number of pyridine rings is 1. The molecular weight excluding hydrogens is 1140 g/mol. The van der Waals surface area contributed by atoms with E-state index in [2.05, 4.69) is 148 Å². The van der Waals surface area contributed by atoms with Crippen LogP contribution in [0, 0.1) is 0 Å². The summed E-state index contributed by atoms with van der Waals surface area (Å²) in [6.07, 6.45) is 59.0. The highest BCUT2D eigenvalue weighted by atomic mass is 32.1. The lowest BCUT2D eigenvalue weighted by atomic mass is 10.5. The summed E-state index contributed by atoms with van der Waals surface area (Å²) < 4.78 is 17.6. The number of oxazole rings is 1. The van der Waals surface area contributed by atoms with Crippen molar-refractivity contribution in [3.63, 3.8) is 0 Å². The first kappa shape index (κ1) is 71.4. The number of hydrogen-bond acceptors (Lipinski definition) is 28. The Labute approximate surface area is 500 Å². The molecule has 16 aromatic rings. The molecule has 0 aliphatic carbocycles. The second kappa shape index (κ2) is 68.5. The fourth-order valence-electron chi connectivity index (χ4n) is 3.48. The predicted molar refractivity (Wildman–Crippen MR) is 317 cm³/mol. The fourth-order valence-corrected chi connectivity index (χ4v) is 4.29. The van der Waals surface area contributed by atoms with Gasteiger partial charge in [-0.15, -0.1) is 26.6 Å². The highest BCUT2D eigenvalue weighted by molar-refractivity contribution is 7.07. The van der Waals surface area contributed by atoms with Gasteiger partial charge in [-0.2, -0.15) is 31.7 Å². The van der Waals surface area contributed by atoms with Crippen LogP contribution in [0.1, 0.15) is 0 Å². The van der Waals surface area contributed by atoms with Gasteiger partial charge in [-0.3, -0.25) is 25.0 Å². The van der Waals surface area contributed by atoms with E-state index in [1.807, 2.05) is 101 Å². The van der Waals surface area contributed by atoms with E-state index in [4.69, 9.17) is 0 Å². The van der Waals surface area contributed by atoms with Crippen LogP contribution in [-0.2, 0) is 0 Å². The first-order valence-corrected chi connectivity index (χ1v) is 25.8. The van der Waals surface area contributed by atoms with Crippen molar-refractivity contribution in [3.8, 4) is 0 Å². The summed E-state index contributed by atoms with van der Waals surface area (Å²) in [4.78, 5) is 59.3. The molecule has 440 valence electrons. The Balaban J connectivity index is 0.000000459. The molecule has 16 aromatic heterocycles. The minimum Gasteiger partial charge on any atom is -0.473 e. The number of aromatic nitrogens is 26. The van der Waals surface area contributed by atoms with Crippen LogP contribution in [-0.4, -0.2) is 131 Å². The number of thiophene rings is 1. The number of rotatable bonds is 0. The van der Waals surface area contributed by atoms with Crippen LogP contribution in [0.2, 0.25) is 0 Å². The van der Waals surface area contributed by atoms with Crippen LogP contribution in [0.25, 0.3) is 0 Å². The molecule has 16 rings (SSSR count). The molecule has 0 atom stereocenters. The first-order valence-electron chi connectivity index (χ1n) is 23.9. The van der Waals surface area contributed by atoms with Gasteiger partial charge in [-0.05, 0) is 71.4 Å². The molecule has 0 aromatic carbocycles. The van der Waals surface area contributed by atoms with Crippen LogP contribution in [0.15, 0.2) is 350 Å². The van der Waals surface area contributed by atoms with Crippen molar-refractivity contribution >= 4 is 22.7 Å². The van der Waals surface area contributed by atoms with Gasteiger partial charge in [0.2, 0.25) is 19.2 Å². The van der Waals surface area contributed by atoms with Crippen LogP contribution < -0.4 is 0 Å². The Morgan fingerprint density at radius 2 is 0.860 bits per heavy atom. The van der Waals surface area contributed by atoms with Crippen LogP contribution in [0.5, 0.6) is 0 Å². The predicted octanol–water partition coefficient (Wildman–Crippen LogP) is 9.48. The average molecular weight is 1200 g/mol. The second-order valence-electron chi connectivity index (χ2n) is 12.6. The molecule has 86 heavy (non-hydrogen) atoms. The Kier molecular flexibility index (Phi) is 56.9. The van der Waals surface area contributed by atoms with Gasteiger partial charge in [0.1, 0.15) is 37.9 Å². The fraction of sp³-hybridized carbons (Fsp3) is 0. The zero-order valence-electron chi connectivity index (χ0n) is 45.5. The second-order valence-corrected chi connectivity index (χ2v) is 14.2. The van der Waals surface area contributed by atoms with Gasteiger partial charge in [0.15, 0.2) is 12.7 Å². The quantitative estimate of drug-likeness (QED) is 0.110. The molecule has 0 aliphatic rings. The third-order valence-corrected chi connectivity index (χ3v) is 7.78. The standard InChI is InChI=1S/C5H5N.3C4H4N2.C4H5N.C4H4O.C4H4S.2C3H3N3.3C3H4N2.C3H3NO.C3H3NS.2C2H2N2O/c1-2-4-6-5-3-1;1-2-6-4-3-5-1;1-2-5-4-6-3-1;1-2-4-6-5-3-1;3*1-2-4-5-3-1;1-4-2-6-3-5-1;1-2-5-6-3-4-1;2*1-2-5-3-4-1;1-2-4-5-3-1;2*1-2-5-3-4-1;1-3-4-2-5-1;1-3-2-5-4-1/h1-5H;3*1-4H;1-5H;2*1-4H;2*1-3H;3*1-3H,(H,4,5);2*1-3H;2*1-2H. The van der Waals surface area contributed by atoms with Gasteiger partial charge in [-0.1, -0.05) is 23.4 Å². The smallest absolute Gasteiger partial charge is 0.213 e. The van der Waals surface area contributed by atoms with Crippen molar-refractivity contribution in [2.75, 3.05) is 0 Å². The van der Waals surface area contributed by atoms with Crippen molar-refractivity contribution in [1.82, 2.24) is 131 Å². The summed E-state index contributed by atoms with van der Waals surface area (Å²) >= 11 is 3.31. The van der Waals surface area contributed by atoms with Crippen molar-refractivity contribution in [1.29, 1.82) is 0 Å². The number of thiazole rings is 1. The molecule has 0 saturated carbocycles. The van der Waals surface area contributed by atoms with Gasteiger partial charge in [0.25, 0.3) is 0 Å². The number of nitrogens with zero attached hydrogens (tertiary/aromatic N) is 22. The lowest BCUT2D eigenvalue weighted by Crippen LogP contribution is -1.75. The van der Waals surface area contributed by atoms with Gasteiger partial charge in [0, 0.05) is 129 Å². The van der Waals surface area contributed by atoms with Crippen molar-refractivity contribution in [2.45, 2.75) is 0 Å². The maximum atomic E-state index is 4.58. The average Bonchev–Trinajstić information content (AvgIpc) is 4.45. The molecule has 4 N–H and O–H groups in total. The number of furan rings is 1. The van der Waals surface area contributed by atoms with E-state index in [-0.39, 0.29) is 0 Å². The molecule has 0 fully saturated rings. The van der Waals surface area contributed by atoms with E-state index >= 15 is 0 Å². The van der Waals surface area contributed by atoms with E-state index in [1.165, 1.54) is 76.0 Å². The highest BCUT2D eigenvalue weighted by Gasteiger charge is 1.67. The van der Waals surface area contributed by atoms with Crippen LogP contribution in [0.4, 0.5) is 0 Å². The van der Waals surface area contributed by atoms with Gasteiger partial charge in [-0.25, -0.2) is 49.8 Å². The summed E-state index contributed by atoms with van der Waals surface area (Å²) in [6.45, 7) is 0. The number of H-pyrrole nitrogens is 4. The van der Waals surface area contributed by atoms with Gasteiger partial charge >= 0.3 is 0 Å². The molecule has 0 saturated heterocycles. The topological polar surface area (TPSA) is 399 Å². The molecule has 30 nitrogen and oxygen atoms in total. The molecule has 16 heterocycles. The summed E-state index contributed by atoms with van der Waals surface area (Å²) in [7, 11) is 0. The SMILES string of the molecule is c1c[nH]cn1.c1c[nH]cn1.c1cc[nH]c1.c1ccncc1.c1ccnnc1.c1ccoc1.c1ccsc1.c1cn[nH]c1.c1cnccn1.c1cncnc1.c1cnncn1.c1cocn1.c1cscn1.c1ncncn1.c1ncon1.c1nnco1. The molecular formula is C54H58N26O4S2. The zero-order chi connectivity index (χ0) is 60.8. The monoisotopic (exact) mass is 1200 g/mol. The maximum absolute atomic E-state index is 4.58. The van der Waals surface area contributed by atoms with Crippen molar-refractivity contribution in [3.05, 3.63) is 332 Å². The first-order chi connectivity index (χ1) is 43.0. The molecule has 0 spiro atoms. The lowest BCUT2D eigenvalue weighted by Gasteiger charge is -1.70. The number of hydrogen-bond donors (Lipinski definition) is 4. The van der Waals surface area contributed by atoms with E-state index in [0.29, 0.717) is 0 Å². The molecule has 32 heteroatoms. The van der Waals surface area contributed by atoms with E-state index in [1.54, 1.807) is 177 Å². The van der Waals surface area contributed by atoms with Gasteiger partial charge in [0.05, 0.1) is 43.1 Å². The molecule has 0 aliphatic heterocycles. The maximum Gasteiger partial charge on any atom is 0.213 e. The summed E-state index contributed by atoms with van der Waals surface area (Å²) in [5.41, 5.74) is 1.79. The Morgan fingerprint density at radius 3 is 1.03 bits per heavy atom. The largest absolute Gasteiger partial charge is 0.473 e. The third-order valence-electron chi connectivity index (χ3n) is 6.63.